The molecule has 0 atom stereocenters. The number of nitrogens with one attached hydrogen (secondary N) is 2. The summed E-state index contributed by atoms with van der Waals surface area (Å²) in [7, 11) is 1.79. The topological polar surface area (TPSA) is 49.8 Å². The predicted molar refractivity (Wildman–Crippen MR) is 67.8 cm³/mol. The molecule has 0 amide bonds. The Bertz CT molecular complexity index is 373. The number of nitrogens with zero attached hydrogens (tertiary/aromatic N) is 2. The standard InChI is InChI=1S/C11H15ClN4/c1-3-4-5-6-7-14-11-9(13-2)10(12)15-8-16-11/h1,8,13H,4-7H2,2H3,(H,14,15,16). The number of terminal acetylenes is 1. The van der Waals surface area contributed by atoms with Gasteiger partial charge in [0.2, 0.25) is 0 Å². The Morgan fingerprint density at radius 2 is 2.25 bits per heavy atom. The fourth-order valence-corrected chi connectivity index (χ4v) is 1.51. The highest BCUT2D eigenvalue weighted by molar-refractivity contribution is 6.32. The number of rotatable bonds is 6. The third-order valence-electron chi connectivity index (χ3n) is 2.09. The summed E-state index contributed by atoms with van der Waals surface area (Å²) >= 11 is 5.91. The van der Waals surface area contributed by atoms with Crippen LogP contribution in [-0.4, -0.2) is 23.6 Å². The summed E-state index contributed by atoms with van der Waals surface area (Å²) in [5.74, 6) is 3.34. The van der Waals surface area contributed by atoms with Gasteiger partial charge in [-0.1, -0.05) is 11.6 Å². The second-order valence-electron chi connectivity index (χ2n) is 3.23. The molecule has 0 saturated heterocycles. The number of aromatic nitrogens is 2. The minimum Gasteiger partial charge on any atom is -0.383 e. The molecule has 0 radical (unpaired) electrons. The Hall–Kier alpha value is -1.47. The van der Waals surface area contributed by atoms with Gasteiger partial charge in [-0.3, -0.25) is 0 Å². The molecule has 1 heterocycles. The number of unbranched alkanes of at least 4 members (excludes halogenated alkanes) is 2. The molecule has 0 aliphatic heterocycles. The van der Waals surface area contributed by atoms with Gasteiger partial charge in [0, 0.05) is 20.0 Å². The smallest absolute Gasteiger partial charge is 0.157 e. The maximum Gasteiger partial charge on any atom is 0.157 e. The van der Waals surface area contributed by atoms with Crippen molar-refractivity contribution in [1.82, 2.24) is 9.97 Å². The lowest BCUT2D eigenvalue weighted by molar-refractivity contribution is 0.787. The van der Waals surface area contributed by atoms with E-state index in [1.165, 1.54) is 6.33 Å². The summed E-state index contributed by atoms with van der Waals surface area (Å²) in [6.07, 6.45) is 9.44. The highest BCUT2D eigenvalue weighted by Gasteiger charge is 2.06. The van der Waals surface area contributed by atoms with Gasteiger partial charge in [-0.15, -0.1) is 12.3 Å². The Kier molecular flexibility index (Phi) is 5.44. The van der Waals surface area contributed by atoms with Crippen molar-refractivity contribution in [3.8, 4) is 12.3 Å². The van der Waals surface area contributed by atoms with Gasteiger partial charge in [-0.05, 0) is 12.8 Å². The van der Waals surface area contributed by atoms with Crippen molar-refractivity contribution in [2.24, 2.45) is 0 Å². The van der Waals surface area contributed by atoms with Crippen molar-refractivity contribution < 1.29 is 0 Å². The first-order valence-electron chi connectivity index (χ1n) is 5.15. The van der Waals surface area contributed by atoms with Crippen LogP contribution in [0.2, 0.25) is 5.15 Å². The highest BCUT2D eigenvalue weighted by Crippen LogP contribution is 2.25. The first-order valence-corrected chi connectivity index (χ1v) is 5.53. The van der Waals surface area contributed by atoms with Crippen LogP contribution in [0.5, 0.6) is 0 Å². The monoisotopic (exact) mass is 238 g/mol. The number of anilines is 2. The molecular weight excluding hydrogens is 224 g/mol. The number of hydrogen-bond donors (Lipinski definition) is 2. The average molecular weight is 239 g/mol. The summed E-state index contributed by atoms with van der Waals surface area (Å²) in [4.78, 5) is 8.01. The zero-order valence-corrected chi connectivity index (χ0v) is 10.0. The van der Waals surface area contributed by atoms with Crippen molar-refractivity contribution in [2.45, 2.75) is 19.3 Å². The van der Waals surface area contributed by atoms with Gasteiger partial charge >= 0.3 is 0 Å². The minimum absolute atomic E-state index is 0.420. The first kappa shape index (κ1) is 12.6. The Morgan fingerprint density at radius 3 is 2.94 bits per heavy atom. The molecule has 0 aliphatic rings. The molecule has 0 saturated carbocycles. The van der Waals surface area contributed by atoms with E-state index in [9.17, 15) is 0 Å². The molecule has 5 heteroatoms. The van der Waals surface area contributed by atoms with Gasteiger partial charge < -0.3 is 10.6 Å². The zero-order chi connectivity index (χ0) is 11.8. The minimum atomic E-state index is 0.420. The Balaban J connectivity index is 2.47. The van der Waals surface area contributed by atoms with Gasteiger partial charge in [0.15, 0.2) is 11.0 Å². The van der Waals surface area contributed by atoms with E-state index in [0.29, 0.717) is 5.15 Å². The summed E-state index contributed by atoms with van der Waals surface area (Å²) in [5.41, 5.74) is 0.723. The van der Waals surface area contributed by atoms with Crippen LogP contribution in [-0.2, 0) is 0 Å². The average Bonchev–Trinajstić information content (AvgIpc) is 2.29. The largest absolute Gasteiger partial charge is 0.383 e. The summed E-state index contributed by atoms with van der Waals surface area (Å²) in [6, 6.07) is 0. The molecule has 2 N–H and O–H groups in total. The molecule has 16 heavy (non-hydrogen) atoms. The van der Waals surface area contributed by atoms with Gasteiger partial charge in [-0.2, -0.15) is 0 Å². The van der Waals surface area contributed by atoms with Gasteiger partial charge in [0.25, 0.3) is 0 Å². The molecule has 4 nitrogen and oxygen atoms in total. The molecule has 0 unspecified atom stereocenters. The van der Waals surface area contributed by atoms with E-state index in [4.69, 9.17) is 18.0 Å². The second-order valence-corrected chi connectivity index (χ2v) is 3.58. The van der Waals surface area contributed by atoms with Crippen LogP contribution < -0.4 is 10.6 Å². The maximum atomic E-state index is 5.91. The lowest BCUT2D eigenvalue weighted by atomic mass is 10.2. The van der Waals surface area contributed by atoms with Crippen molar-refractivity contribution in [3.63, 3.8) is 0 Å². The van der Waals surface area contributed by atoms with E-state index >= 15 is 0 Å². The molecule has 0 aromatic carbocycles. The van der Waals surface area contributed by atoms with Crippen molar-refractivity contribution in [3.05, 3.63) is 11.5 Å². The van der Waals surface area contributed by atoms with E-state index in [2.05, 4.69) is 26.5 Å². The summed E-state index contributed by atoms with van der Waals surface area (Å²) in [6.45, 7) is 0.823. The van der Waals surface area contributed by atoms with E-state index in [0.717, 1.165) is 37.3 Å². The lowest BCUT2D eigenvalue weighted by Gasteiger charge is -2.10. The van der Waals surface area contributed by atoms with E-state index in [1.54, 1.807) is 7.05 Å². The van der Waals surface area contributed by atoms with Crippen LogP contribution in [0.4, 0.5) is 11.5 Å². The van der Waals surface area contributed by atoms with E-state index in [-0.39, 0.29) is 0 Å². The SMILES string of the molecule is C#CCCCCNc1ncnc(Cl)c1NC. The number of hydrogen-bond acceptors (Lipinski definition) is 4. The maximum absolute atomic E-state index is 5.91. The van der Waals surface area contributed by atoms with Crippen molar-refractivity contribution >= 4 is 23.1 Å². The van der Waals surface area contributed by atoms with Crippen LogP contribution in [0, 0.1) is 12.3 Å². The van der Waals surface area contributed by atoms with Crippen LogP contribution in [0.3, 0.4) is 0 Å². The molecule has 0 fully saturated rings. The lowest BCUT2D eigenvalue weighted by Crippen LogP contribution is -2.07. The van der Waals surface area contributed by atoms with Crippen molar-refractivity contribution in [2.75, 3.05) is 24.2 Å². The summed E-state index contributed by atoms with van der Waals surface area (Å²) < 4.78 is 0. The Morgan fingerprint density at radius 1 is 1.44 bits per heavy atom. The fourth-order valence-electron chi connectivity index (χ4n) is 1.28. The quantitative estimate of drug-likeness (QED) is 0.454. The second kappa shape index (κ2) is 6.91. The zero-order valence-electron chi connectivity index (χ0n) is 9.26. The van der Waals surface area contributed by atoms with E-state index in [1.807, 2.05) is 0 Å². The number of halogens is 1. The molecule has 1 rings (SSSR count). The van der Waals surface area contributed by atoms with Crippen LogP contribution in [0.15, 0.2) is 6.33 Å². The third kappa shape index (κ3) is 3.59. The highest BCUT2D eigenvalue weighted by atomic mass is 35.5. The molecule has 0 bridgehead atoms. The third-order valence-corrected chi connectivity index (χ3v) is 2.38. The van der Waals surface area contributed by atoms with E-state index < -0.39 is 0 Å². The fraction of sp³-hybridized carbons (Fsp3) is 0.455. The van der Waals surface area contributed by atoms with Crippen LogP contribution >= 0.6 is 11.6 Å². The molecule has 86 valence electrons. The van der Waals surface area contributed by atoms with Gasteiger partial charge in [0.05, 0.1) is 0 Å². The molecule has 1 aromatic heterocycles. The molecule has 1 aromatic rings. The molecule has 0 aliphatic carbocycles. The van der Waals surface area contributed by atoms with Crippen molar-refractivity contribution in [1.29, 1.82) is 0 Å². The molecule has 0 spiro atoms. The first-order chi connectivity index (χ1) is 7.79. The van der Waals surface area contributed by atoms with Gasteiger partial charge in [0.1, 0.15) is 12.0 Å². The van der Waals surface area contributed by atoms with Crippen LogP contribution in [0.25, 0.3) is 0 Å². The summed E-state index contributed by atoms with van der Waals surface area (Å²) in [5, 5.41) is 6.58. The van der Waals surface area contributed by atoms with Gasteiger partial charge in [-0.25, -0.2) is 9.97 Å². The molecular formula is C11H15ClN4. The Labute approximate surface area is 101 Å². The predicted octanol–water partition coefficient (Wildman–Crippen LogP) is 2.39. The van der Waals surface area contributed by atoms with Crippen LogP contribution in [0.1, 0.15) is 19.3 Å². The normalized spacial score (nSPS) is 9.56.